The first kappa shape index (κ1) is 14.7. The zero-order valence-electron chi connectivity index (χ0n) is 10.4. The van der Waals surface area contributed by atoms with Gasteiger partial charge in [0.1, 0.15) is 5.76 Å². The SMILES string of the molecule is COC1=CC2=NC3=C(CCN=C3C)C2C=C1.Cl.O. The Bertz CT molecular complexity index is 501. The number of dihydropyridines is 1. The third kappa shape index (κ3) is 2.13. The van der Waals surface area contributed by atoms with Gasteiger partial charge >= 0.3 is 0 Å². The van der Waals surface area contributed by atoms with E-state index in [1.165, 1.54) is 5.57 Å². The maximum absolute atomic E-state index is 5.22. The van der Waals surface area contributed by atoms with E-state index in [4.69, 9.17) is 4.74 Å². The molecule has 98 valence electrons. The lowest BCUT2D eigenvalue weighted by atomic mass is 9.88. The molecule has 1 aliphatic carbocycles. The summed E-state index contributed by atoms with van der Waals surface area (Å²) in [5.74, 6) is 1.24. The van der Waals surface area contributed by atoms with E-state index < -0.39 is 0 Å². The smallest absolute Gasteiger partial charge is 0.120 e. The number of methoxy groups -OCH3 is 1. The van der Waals surface area contributed by atoms with Gasteiger partial charge in [-0.15, -0.1) is 12.4 Å². The van der Waals surface area contributed by atoms with Gasteiger partial charge in [-0.05, 0) is 25.0 Å². The highest BCUT2D eigenvalue weighted by Gasteiger charge is 2.31. The zero-order chi connectivity index (χ0) is 11.1. The Balaban J connectivity index is 0.000000810. The van der Waals surface area contributed by atoms with Crippen LogP contribution in [0.2, 0.25) is 0 Å². The Hall–Kier alpha value is -1.39. The van der Waals surface area contributed by atoms with Crippen molar-refractivity contribution < 1.29 is 10.2 Å². The fourth-order valence-electron chi connectivity index (χ4n) is 2.45. The number of aliphatic imine (C=N–C) groups is 2. The molecule has 2 N–H and O–H groups in total. The van der Waals surface area contributed by atoms with Crippen LogP contribution in [0.1, 0.15) is 13.3 Å². The molecule has 2 heterocycles. The third-order valence-corrected chi connectivity index (χ3v) is 3.29. The van der Waals surface area contributed by atoms with Crippen LogP contribution in [0.4, 0.5) is 0 Å². The molecule has 0 aromatic rings. The van der Waals surface area contributed by atoms with Gasteiger partial charge in [0.05, 0.1) is 24.2 Å². The predicted molar refractivity (Wildman–Crippen MR) is 75.6 cm³/mol. The summed E-state index contributed by atoms with van der Waals surface area (Å²) >= 11 is 0. The Morgan fingerprint density at radius 3 is 2.89 bits per heavy atom. The molecule has 0 spiro atoms. The first-order chi connectivity index (χ1) is 7.79. The molecular formula is C13H17ClN2O2. The standard InChI is InChI=1S/C13H14N2O.ClH.H2O/c1-8-13-11(5-6-14-8)10-4-3-9(16-2)7-12(10)15-13;;/h3-4,7,10H,5-6H2,1-2H3;1H;1H2. The van der Waals surface area contributed by atoms with Crippen molar-refractivity contribution in [2.75, 3.05) is 13.7 Å². The van der Waals surface area contributed by atoms with Gasteiger partial charge in [-0.1, -0.05) is 6.08 Å². The number of rotatable bonds is 1. The van der Waals surface area contributed by atoms with E-state index in [0.29, 0.717) is 5.92 Å². The van der Waals surface area contributed by atoms with Crippen molar-refractivity contribution in [3.63, 3.8) is 0 Å². The summed E-state index contributed by atoms with van der Waals surface area (Å²) in [5, 5.41) is 0. The number of fused-ring (bicyclic) bond motifs is 2. The molecule has 18 heavy (non-hydrogen) atoms. The molecule has 5 heteroatoms. The van der Waals surface area contributed by atoms with E-state index in [-0.39, 0.29) is 17.9 Å². The normalized spacial score (nSPS) is 23.9. The van der Waals surface area contributed by atoms with Gasteiger partial charge in [0.15, 0.2) is 0 Å². The molecule has 0 amide bonds. The van der Waals surface area contributed by atoms with Crippen molar-refractivity contribution in [1.82, 2.24) is 0 Å². The van der Waals surface area contributed by atoms with E-state index in [1.54, 1.807) is 7.11 Å². The van der Waals surface area contributed by atoms with Gasteiger partial charge in [0, 0.05) is 18.5 Å². The van der Waals surface area contributed by atoms with Crippen molar-refractivity contribution >= 4 is 23.8 Å². The molecule has 0 fully saturated rings. The molecule has 3 aliphatic rings. The summed E-state index contributed by atoms with van der Waals surface area (Å²) < 4.78 is 5.22. The molecule has 0 saturated carbocycles. The fourth-order valence-corrected chi connectivity index (χ4v) is 2.45. The van der Waals surface area contributed by atoms with Crippen LogP contribution in [-0.2, 0) is 4.74 Å². The number of ether oxygens (including phenoxy) is 1. The molecule has 4 nitrogen and oxygen atoms in total. The molecule has 0 aromatic carbocycles. The van der Waals surface area contributed by atoms with Crippen LogP contribution in [-0.4, -0.2) is 30.6 Å². The summed E-state index contributed by atoms with van der Waals surface area (Å²) in [7, 11) is 1.69. The van der Waals surface area contributed by atoms with E-state index >= 15 is 0 Å². The van der Waals surface area contributed by atoms with Crippen LogP contribution >= 0.6 is 12.4 Å². The zero-order valence-corrected chi connectivity index (χ0v) is 11.3. The van der Waals surface area contributed by atoms with Gasteiger partial charge in [-0.25, -0.2) is 0 Å². The maximum Gasteiger partial charge on any atom is 0.120 e. The van der Waals surface area contributed by atoms with Crippen molar-refractivity contribution in [2.45, 2.75) is 13.3 Å². The number of allylic oxidation sites excluding steroid dienone is 4. The van der Waals surface area contributed by atoms with Gasteiger partial charge in [-0.3, -0.25) is 9.98 Å². The average molecular weight is 269 g/mol. The summed E-state index contributed by atoms with van der Waals surface area (Å²) in [6.45, 7) is 2.94. The van der Waals surface area contributed by atoms with Gasteiger partial charge in [0.2, 0.25) is 0 Å². The van der Waals surface area contributed by atoms with E-state index in [0.717, 1.165) is 35.8 Å². The van der Waals surface area contributed by atoms with Crippen molar-refractivity contribution in [2.24, 2.45) is 15.9 Å². The average Bonchev–Trinajstić information content (AvgIpc) is 2.68. The Morgan fingerprint density at radius 1 is 1.39 bits per heavy atom. The molecule has 0 radical (unpaired) electrons. The minimum atomic E-state index is 0. The van der Waals surface area contributed by atoms with Crippen LogP contribution in [0, 0.1) is 5.92 Å². The molecule has 3 rings (SSSR count). The van der Waals surface area contributed by atoms with E-state index in [1.807, 2.05) is 19.1 Å². The number of halogens is 1. The van der Waals surface area contributed by atoms with Gasteiger partial charge < -0.3 is 10.2 Å². The third-order valence-electron chi connectivity index (χ3n) is 3.29. The first-order valence-electron chi connectivity index (χ1n) is 5.56. The summed E-state index contributed by atoms with van der Waals surface area (Å²) in [6.07, 6.45) is 7.26. The van der Waals surface area contributed by atoms with Crippen LogP contribution in [0.3, 0.4) is 0 Å². The fraction of sp³-hybridized carbons (Fsp3) is 0.385. The Morgan fingerprint density at radius 2 is 2.17 bits per heavy atom. The second-order valence-corrected chi connectivity index (χ2v) is 4.22. The number of nitrogens with zero attached hydrogens (tertiary/aromatic N) is 2. The second-order valence-electron chi connectivity index (χ2n) is 4.22. The number of hydrogen-bond donors (Lipinski definition) is 0. The highest BCUT2D eigenvalue weighted by Crippen LogP contribution is 2.35. The summed E-state index contributed by atoms with van der Waals surface area (Å²) in [6, 6.07) is 0. The quantitative estimate of drug-likeness (QED) is 0.716. The maximum atomic E-state index is 5.22. The topological polar surface area (TPSA) is 65.5 Å². The van der Waals surface area contributed by atoms with Crippen molar-refractivity contribution in [3.8, 4) is 0 Å². The second kappa shape index (κ2) is 5.50. The summed E-state index contributed by atoms with van der Waals surface area (Å²) in [5.41, 5.74) is 4.69. The van der Waals surface area contributed by atoms with Crippen molar-refractivity contribution in [3.05, 3.63) is 35.3 Å². The van der Waals surface area contributed by atoms with E-state index in [9.17, 15) is 0 Å². The molecule has 0 saturated heterocycles. The largest absolute Gasteiger partial charge is 0.497 e. The van der Waals surface area contributed by atoms with E-state index in [2.05, 4.69) is 16.1 Å². The van der Waals surface area contributed by atoms with Crippen LogP contribution in [0.5, 0.6) is 0 Å². The number of hydrogen-bond acceptors (Lipinski definition) is 3. The van der Waals surface area contributed by atoms with Crippen LogP contribution < -0.4 is 0 Å². The van der Waals surface area contributed by atoms with Gasteiger partial charge in [0.25, 0.3) is 0 Å². The lowest BCUT2D eigenvalue weighted by Crippen LogP contribution is -2.15. The minimum absolute atomic E-state index is 0. The van der Waals surface area contributed by atoms with Crippen LogP contribution in [0.25, 0.3) is 0 Å². The molecule has 1 unspecified atom stereocenters. The monoisotopic (exact) mass is 268 g/mol. The lowest BCUT2D eigenvalue weighted by molar-refractivity contribution is 0.306. The molecular weight excluding hydrogens is 252 g/mol. The van der Waals surface area contributed by atoms with Crippen molar-refractivity contribution in [1.29, 1.82) is 0 Å². The predicted octanol–water partition coefficient (Wildman–Crippen LogP) is 1.87. The summed E-state index contributed by atoms with van der Waals surface area (Å²) in [4.78, 5) is 9.11. The lowest BCUT2D eigenvalue weighted by Gasteiger charge is -2.17. The highest BCUT2D eigenvalue weighted by molar-refractivity contribution is 6.11. The first-order valence-corrected chi connectivity index (χ1v) is 5.56. The molecule has 0 aromatic heterocycles. The van der Waals surface area contributed by atoms with Crippen LogP contribution in [0.15, 0.2) is 45.2 Å². The molecule has 1 atom stereocenters. The minimum Gasteiger partial charge on any atom is -0.497 e. The molecule has 0 bridgehead atoms. The molecule has 2 aliphatic heterocycles. The highest BCUT2D eigenvalue weighted by atomic mass is 35.5. The Labute approximate surface area is 113 Å². The Kier molecular flexibility index (Phi) is 4.48. The van der Waals surface area contributed by atoms with Gasteiger partial charge in [-0.2, -0.15) is 0 Å².